The second kappa shape index (κ2) is 7.17. The third kappa shape index (κ3) is 5.59. The number of rotatable bonds is 5. The Hall–Kier alpha value is -1.21. The zero-order valence-corrected chi connectivity index (χ0v) is 13.2. The van der Waals surface area contributed by atoms with Crippen LogP contribution in [0.5, 0.6) is 0 Å². The van der Waals surface area contributed by atoms with Crippen LogP contribution in [0.25, 0.3) is 0 Å². The number of allylic oxidation sites excluding steroid dienone is 1. The molecule has 1 atom stereocenters. The Labute approximate surface area is 130 Å². The fourth-order valence-corrected chi connectivity index (χ4v) is 2.37. The molecule has 0 spiro atoms. The summed E-state index contributed by atoms with van der Waals surface area (Å²) in [5, 5.41) is -0.419. The monoisotopic (exact) mass is 338 g/mol. The van der Waals surface area contributed by atoms with E-state index in [2.05, 4.69) is 4.98 Å². The molecule has 21 heavy (non-hydrogen) atoms. The van der Waals surface area contributed by atoms with Crippen LogP contribution in [0.15, 0.2) is 29.6 Å². The van der Waals surface area contributed by atoms with Crippen molar-refractivity contribution in [1.82, 2.24) is 9.88 Å². The number of halogens is 4. The molecule has 0 N–H and O–H groups in total. The summed E-state index contributed by atoms with van der Waals surface area (Å²) in [5.41, 5.74) is -0.914. The van der Waals surface area contributed by atoms with Crippen molar-refractivity contribution < 1.29 is 18.0 Å². The summed E-state index contributed by atoms with van der Waals surface area (Å²) in [6.07, 6.45) is -0.784. The molecule has 0 amide bonds. The molecule has 0 bridgehead atoms. The lowest BCUT2D eigenvalue weighted by atomic mass is 10.3. The predicted octanol–water partition coefficient (Wildman–Crippen LogP) is 3.88. The molecular weight excluding hydrogens is 325 g/mol. The van der Waals surface area contributed by atoms with Gasteiger partial charge in [-0.1, -0.05) is 23.4 Å². The first-order valence-electron chi connectivity index (χ1n) is 5.89. The van der Waals surface area contributed by atoms with Crippen molar-refractivity contribution in [1.29, 1.82) is 0 Å². The maximum absolute atomic E-state index is 12.5. The average Bonchev–Trinajstić information content (AvgIpc) is 2.36. The molecule has 1 heterocycles. The Morgan fingerprint density at radius 2 is 2.10 bits per heavy atom. The number of thioether (sulfide) groups is 1. The zero-order valence-electron chi connectivity index (χ0n) is 11.6. The summed E-state index contributed by atoms with van der Waals surface area (Å²) >= 11 is 6.81. The molecule has 0 aliphatic rings. The van der Waals surface area contributed by atoms with Gasteiger partial charge in [0.25, 0.3) is 0 Å². The first kappa shape index (κ1) is 17.8. The van der Waals surface area contributed by atoms with Gasteiger partial charge in [0.2, 0.25) is 0 Å². The number of hydrogen-bond donors (Lipinski definition) is 0. The van der Waals surface area contributed by atoms with Crippen molar-refractivity contribution >= 4 is 29.1 Å². The average molecular weight is 339 g/mol. The van der Waals surface area contributed by atoms with Gasteiger partial charge < -0.3 is 4.90 Å². The number of carbonyl (C=O) groups is 1. The van der Waals surface area contributed by atoms with Gasteiger partial charge in [0.1, 0.15) is 5.03 Å². The van der Waals surface area contributed by atoms with Gasteiger partial charge in [-0.3, -0.25) is 4.79 Å². The summed E-state index contributed by atoms with van der Waals surface area (Å²) in [6.45, 7) is 1.64. The highest BCUT2D eigenvalue weighted by Crippen LogP contribution is 2.35. The highest BCUT2D eigenvalue weighted by atomic mass is 35.5. The molecule has 0 unspecified atom stereocenters. The number of alkyl halides is 3. The topological polar surface area (TPSA) is 33.2 Å². The first-order chi connectivity index (χ1) is 9.61. The highest BCUT2D eigenvalue weighted by Gasteiger charge is 2.31. The Kier molecular flexibility index (Phi) is 6.10. The van der Waals surface area contributed by atoms with E-state index < -0.39 is 17.0 Å². The van der Waals surface area contributed by atoms with Crippen molar-refractivity contribution in [3.8, 4) is 0 Å². The van der Waals surface area contributed by atoms with Crippen LogP contribution in [0, 0.1) is 0 Å². The third-order valence-corrected chi connectivity index (χ3v) is 3.90. The third-order valence-electron chi connectivity index (χ3n) is 2.36. The van der Waals surface area contributed by atoms with Gasteiger partial charge in [-0.2, -0.15) is 13.2 Å². The van der Waals surface area contributed by atoms with Crippen molar-refractivity contribution in [2.45, 2.75) is 23.4 Å². The minimum absolute atomic E-state index is 0.119. The van der Waals surface area contributed by atoms with E-state index in [4.69, 9.17) is 11.6 Å². The highest BCUT2D eigenvalue weighted by molar-refractivity contribution is 8.00. The van der Waals surface area contributed by atoms with Gasteiger partial charge in [-0.25, -0.2) is 4.98 Å². The molecule has 0 radical (unpaired) electrons. The van der Waals surface area contributed by atoms with Crippen LogP contribution in [0.4, 0.5) is 13.2 Å². The number of carbonyl (C=O) groups excluding carboxylic acids is 1. The Balaban J connectivity index is 2.82. The quantitative estimate of drug-likeness (QED) is 0.602. The zero-order chi connectivity index (χ0) is 16.2. The standard InChI is InChI=1S/C13H14ClF3N2OS/c1-8(11(20)4-5-19(2)3)21-12-10(14)6-9(7-18-12)13(15,16)17/h4-8H,1-3H3/b5-4+/t8-/m1/s1. The SMILES string of the molecule is C[C@@H](Sc1ncc(C(F)(F)F)cc1Cl)C(=O)/C=C/N(C)C. The lowest BCUT2D eigenvalue weighted by molar-refractivity contribution is -0.137. The molecule has 0 aromatic carbocycles. The molecule has 0 saturated heterocycles. The summed E-state index contributed by atoms with van der Waals surface area (Å²) in [4.78, 5) is 17.2. The number of aromatic nitrogens is 1. The molecule has 1 aromatic rings. The molecule has 3 nitrogen and oxygen atoms in total. The van der Waals surface area contributed by atoms with Crippen LogP contribution in [0.3, 0.4) is 0 Å². The summed E-state index contributed by atoms with van der Waals surface area (Å²) in [5.74, 6) is -0.175. The predicted molar refractivity (Wildman–Crippen MR) is 77.4 cm³/mol. The second-order valence-corrected chi connectivity index (χ2v) is 6.19. The van der Waals surface area contributed by atoms with Crippen molar-refractivity contribution in [2.75, 3.05) is 14.1 Å². The van der Waals surface area contributed by atoms with E-state index >= 15 is 0 Å². The number of hydrogen-bond acceptors (Lipinski definition) is 4. The van der Waals surface area contributed by atoms with Crippen LogP contribution in [0.2, 0.25) is 5.02 Å². The molecule has 8 heteroatoms. The van der Waals surface area contributed by atoms with Crippen LogP contribution < -0.4 is 0 Å². The molecule has 0 aliphatic heterocycles. The molecule has 1 rings (SSSR count). The Morgan fingerprint density at radius 3 is 2.57 bits per heavy atom. The fourth-order valence-electron chi connectivity index (χ4n) is 1.25. The lowest BCUT2D eigenvalue weighted by Crippen LogP contribution is -2.12. The van der Waals surface area contributed by atoms with E-state index in [-0.39, 0.29) is 15.8 Å². The first-order valence-corrected chi connectivity index (χ1v) is 7.15. The van der Waals surface area contributed by atoms with Crippen LogP contribution in [-0.4, -0.2) is 35.0 Å². The summed E-state index contributed by atoms with van der Waals surface area (Å²) in [7, 11) is 3.55. The number of nitrogens with zero attached hydrogens (tertiary/aromatic N) is 2. The van der Waals surface area contributed by atoms with E-state index in [1.807, 2.05) is 0 Å². The van der Waals surface area contributed by atoms with Crippen molar-refractivity contribution in [3.05, 3.63) is 35.1 Å². The van der Waals surface area contributed by atoms with E-state index in [0.717, 1.165) is 17.8 Å². The molecule has 0 saturated carbocycles. The number of ketones is 1. The maximum atomic E-state index is 12.5. The largest absolute Gasteiger partial charge is 0.417 e. The van der Waals surface area contributed by atoms with Gasteiger partial charge in [-0.15, -0.1) is 0 Å². The van der Waals surface area contributed by atoms with E-state index in [0.29, 0.717) is 6.20 Å². The van der Waals surface area contributed by atoms with Crippen LogP contribution >= 0.6 is 23.4 Å². The minimum Gasteiger partial charge on any atom is -0.383 e. The van der Waals surface area contributed by atoms with Gasteiger partial charge in [0.05, 0.1) is 15.8 Å². The molecular formula is C13H14ClF3N2OS. The number of pyridine rings is 1. The van der Waals surface area contributed by atoms with Crippen LogP contribution in [-0.2, 0) is 11.0 Å². The van der Waals surface area contributed by atoms with Crippen LogP contribution in [0.1, 0.15) is 12.5 Å². The molecule has 116 valence electrons. The van der Waals surface area contributed by atoms with Gasteiger partial charge in [0.15, 0.2) is 5.78 Å². The molecule has 0 aliphatic carbocycles. The Bertz CT molecular complexity index is 547. The van der Waals surface area contributed by atoms with Gasteiger partial charge in [-0.05, 0) is 19.1 Å². The lowest BCUT2D eigenvalue weighted by Gasteiger charge is -2.11. The van der Waals surface area contributed by atoms with Crippen molar-refractivity contribution in [2.24, 2.45) is 0 Å². The smallest absolute Gasteiger partial charge is 0.383 e. The summed E-state index contributed by atoms with van der Waals surface area (Å²) < 4.78 is 37.5. The second-order valence-electron chi connectivity index (χ2n) is 4.45. The Morgan fingerprint density at radius 1 is 1.48 bits per heavy atom. The van der Waals surface area contributed by atoms with Gasteiger partial charge in [0, 0.05) is 26.5 Å². The molecule has 0 fully saturated rings. The van der Waals surface area contributed by atoms with Crippen molar-refractivity contribution in [3.63, 3.8) is 0 Å². The summed E-state index contributed by atoms with van der Waals surface area (Å²) in [6, 6.07) is 0.809. The van der Waals surface area contributed by atoms with E-state index in [1.165, 1.54) is 6.08 Å². The normalized spacial score (nSPS) is 13.5. The van der Waals surface area contributed by atoms with E-state index in [9.17, 15) is 18.0 Å². The molecule has 1 aromatic heterocycles. The van der Waals surface area contributed by atoms with Gasteiger partial charge >= 0.3 is 6.18 Å². The van der Waals surface area contributed by atoms with E-state index in [1.54, 1.807) is 32.1 Å². The fraction of sp³-hybridized carbons (Fsp3) is 0.385. The minimum atomic E-state index is -4.49. The maximum Gasteiger partial charge on any atom is 0.417 e.